The number of aromatic nitrogens is 2. The van der Waals surface area contributed by atoms with Gasteiger partial charge in [-0.1, -0.05) is 62.4 Å². The predicted octanol–water partition coefficient (Wildman–Crippen LogP) is 6.44. The average molecular weight is 558 g/mol. The number of nitrogens with zero attached hydrogens (tertiary/aromatic N) is 2. The normalized spacial score (nSPS) is 12.4. The molecule has 0 aliphatic carbocycles. The van der Waals surface area contributed by atoms with E-state index in [9.17, 15) is 13.2 Å². The van der Waals surface area contributed by atoms with Crippen LogP contribution in [0.1, 0.15) is 42.4 Å². The quantitative estimate of drug-likeness (QED) is 0.224. The van der Waals surface area contributed by atoms with Crippen molar-refractivity contribution in [2.24, 2.45) is 0 Å². The van der Waals surface area contributed by atoms with Gasteiger partial charge in [0.25, 0.3) is 10.0 Å². The maximum atomic E-state index is 13.6. The molecule has 1 amide bonds. The van der Waals surface area contributed by atoms with Gasteiger partial charge in [0.1, 0.15) is 22.5 Å². The number of nitrogens with one attached hydrogen (secondary N) is 1. The Balaban J connectivity index is 1.44. The summed E-state index contributed by atoms with van der Waals surface area (Å²) in [6.07, 6.45) is 0.253. The number of rotatable bonds is 9. The monoisotopic (exact) mass is 557 g/mol. The molecule has 0 saturated carbocycles. The highest BCUT2D eigenvalue weighted by Crippen LogP contribution is 2.28. The zero-order valence-corrected chi connectivity index (χ0v) is 23.1. The highest BCUT2D eigenvalue weighted by atomic mass is 32.2. The number of fused-ring (bicyclic) bond motifs is 1. The molecule has 5 rings (SSSR count). The summed E-state index contributed by atoms with van der Waals surface area (Å²) in [4.78, 5) is 13.6. The largest absolute Gasteiger partial charge is 0.457 e. The highest BCUT2D eigenvalue weighted by molar-refractivity contribution is 7.90. The van der Waals surface area contributed by atoms with Gasteiger partial charge in [-0.2, -0.15) is 8.75 Å². The molecule has 0 saturated heterocycles. The van der Waals surface area contributed by atoms with Crippen LogP contribution < -0.4 is 9.46 Å². The Morgan fingerprint density at radius 3 is 2.26 bits per heavy atom. The minimum absolute atomic E-state index is 0.0383. The molecule has 0 radical (unpaired) electrons. The van der Waals surface area contributed by atoms with Crippen molar-refractivity contribution in [3.8, 4) is 11.5 Å². The summed E-state index contributed by atoms with van der Waals surface area (Å²) in [7, 11) is -4.08. The van der Waals surface area contributed by atoms with Crippen LogP contribution in [-0.4, -0.2) is 23.1 Å². The van der Waals surface area contributed by atoms with Crippen LogP contribution in [0.2, 0.25) is 0 Å². The van der Waals surface area contributed by atoms with Crippen molar-refractivity contribution in [2.45, 2.75) is 37.0 Å². The minimum Gasteiger partial charge on any atom is -0.457 e. The van der Waals surface area contributed by atoms with Gasteiger partial charge in [-0.25, -0.2) is 13.1 Å². The SMILES string of the molecule is CC(C)c1ccc(S(=O)(=O)NC(=O)C(Cc2cccc(Oc3ccccc3)c2)c2ccc3nsnc3c2)cc1. The van der Waals surface area contributed by atoms with E-state index in [2.05, 4.69) is 13.5 Å². The number of hydrogen-bond acceptors (Lipinski definition) is 7. The molecule has 198 valence electrons. The minimum atomic E-state index is -4.08. The number of ether oxygens (including phenoxy) is 1. The van der Waals surface area contributed by atoms with Crippen LogP contribution in [0.3, 0.4) is 0 Å². The topological polar surface area (TPSA) is 98.2 Å². The van der Waals surface area contributed by atoms with Crippen molar-refractivity contribution in [3.05, 3.63) is 114 Å². The first kappa shape index (κ1) is 26.5. The molecule has 1 heterocycles. The molecular weight excluding hydrogens is 530 g/mol. The number of benzene rings is 4. The van der Waals surface area contributed by atoms with Crippen LogP contribution in [0.5, 0.6) is 11.5 Å². The van der Waals surface area contributed by atoms with E-state index in [1.807, 2.05) is 68.4 Å². The van der Waals surface area contributed by atoms with Crippen molar-refractivity contribution in [3.63, 3.8) is 0 Å². The number of carbonyl (C=O) groups is 1. The van der Waals surface area contributed by atoms with Crippen molar-refractivity contribution >= 4 is 38.7 Å². The lowest BCUT2D eigenvalue weighted by Crippen LogP contribution is -2.35. The number of sulfonamides is 1. The summed E-state index contributed by atoms with van der Waals surface area (Å²) in [6, 6.07) is 28.8. The van der Waals surface area contributed by atoms with Gasteiger partial charge in [0.2, 0.25) is 5.91 Å². The molecule has 39 heavy (non-hydrogen) atoms. The van der Waals surface area contributed by atoms with Gasteiger partial charge < -0.3 is 4.74 Å². The molecule has 0 aliphatic heterocycles. The predicted molar refractivity (Wildman–Crippen MR) is 153 cm³/mol. The van der Waals surface area contributed by atoms with E-state index in [1.54, 1.807) is 30.3 Å². The summed E-state index contributed by atoms with van der Waals surface area (Å²) < 4.78 is 43.1. The molecule has 7 nitrogen and oxygen atoms in total. The number of hydrogen-bond donors (Lipinski definition) is 1. The van der Waals surface area contributed by atoms with Crippen LogP contribution >= 0.6 is 11.7 Å². The van der Waals surface area contributed by atoms with E-state index < -0.39 is 21.8 Å². The Morgan fingerprint density at radius 2 is 1.51 bits per heavy atom. The van der Waals surface area contributed by atoms with Gasteiger partial charge in [0, 0.05) is 0 Å². The lowest BCUT2D eigenvalue weighted by atomic mass is 9.91. The van der Waals surface area contributed by atoms with Crippen LogP contribution in [0, 0.1) is 0 Å². The Labute approximate surface area is 231 Å². The van der Waals surface area contributed by atoms with E-state index in [0.29, 0.717) is 22.6 Å². The molecule has 9 heteroatoms. The second-order valence-corrected chi connectivity index (χ2v) is 11.7. The Bertz CT molecular complexity index is 1700. The van der Waals surface area contributed by atoms with Crippen LogP contribution in [-0.2, 0) is 21.2 Å². The summed E-state index contributed by atoms with van der Waals surface area (Å²) in [5.74, 6) is 0.153. The first-order valence-electron chi connectivity index (χ1n) is 12.5. The van der Waals surface area contributed by atoms with Crippen molar-refractivity contribution in [2.75, 3.05) is 0 Å². The second-order valence-electron chi connectivity index (χ2n) is 9.53. The van der Waals surface area contributed by atoms with E-state index >= 15 is 0 Å². The standard InChI is InChI=1S/C30H27N3O4S2/c1-20(2)22-11-14-26(15-12-22)39(35,36)33-30(34)27(23-13-16-28-29(19-23)32-38-31-28)18-21-7-6-10-25(17-21)37-24-8-4-3-5-9-24/h3-17,19-20,27H,18H2,1-2H3,(H,33,34). The lowest BCUT2D eigenvalue weighted by molar-refractivity contribution is -0.120. The molecule has 1 aromatic heterocycles. The van der Waals surface area contributed by atoms with E-state index in [-0.39, 0.29) is 17.2 Å². The Hall–Kier alpha value is -4.08. The van der Waals surface area contributed by atoms with Gasteiger partial charge in [-0.3, -0.25) is 4.79 Å². The Kier molecular flexibility index (Phi) is 7.72. The van der Waals surface area contributed by atoms with Crippen molar-refractivity contribution < 1.29 is 17.9 Å². The summed E-state index contributed by atoms with van der Waals surface area (Å²) in [5, 5.41) is 0. The molecule has 1 unspecified atom stereocenters. The fraction of sp³-hybridized carbons (Fsp3) is 0.167. The first-order chi connectivity index (χ1) is 18.8. The van der Waals surface area contributed by atoms with E-state index in [0.717, 1.165) is 28.4 Å². The molecule has 0 spiro atoms. The third-order valence-corrected chi connectivity index (χ3v) is 8.33. The summed E-state index contributed by atoms with van der Waals surface area (Å²) in [6.45, 7) is 4.06. The highest BCUT2D eigenvalue weighted by Gasteiger charge is 2.27. The van der Waals surface area contributed by atoms with Gasteiger partial charge in [-0.15, -0.1) is 0 Å². The fourth-order valence-electron chi connectivity index (χ4n) is 4.27. The molecule has 0 aliphatic rings. The molecule has 4 aromatic carbocycles. The molecule has 0 bridgehead atoms. The Morgan fingerprint density at radius 1 is 0.821 bits per heavy atom. The van der Waals surface area contributed by atoms with Crippen molar-refractivity contribution in [1.29, 1.82) is 0 Å². The summed E-state index contributed by atoms with van der Waals surface area (Å²) in [5.41, 5.74) is 3.86. The van der Waals surface area contributed by atoms with Crippen molar-refractivity contribution in [1.82, 2.24) is 13.5 Å². The first-order valence-corrected chi connectivity index (χ1v) is 14.7. The van der Waals surface area contributed by atoms with E-state index in [4.69, 9.17) is 4.74 Å². The number of para-hydroxylation sites is 1. The number of amides is 1. The molecule has 5 aromatic rings. The maximum Gasteiger partial charge on any atom is 0.264 e. The molecule has 1 N–H and O–H groups in total. The third kappa shape index (κ3) is 6.32. The third-order valence-electron chi connectivity index (χ3n) is 6.41. The van der Waals surface area contributed by atoms with Gasteiger partial charge >= 0.3 is 0 Å². The van der Waals surface area contributed by atoms with Crippen LogP contribution in [0.15, 0.2) is 102 Å². The lowest BCUT2D eigenvalue weighted by Gasteiger charge is -2.18. The molecular formula is C30H27N3O4S2. The zero-order chi connectivity index (χ0) is 27.4. The molecule has 1 atom stereocenters. The van der Waals surface area contributed by atoms with Crippen LogP contribution in [0.4, 0.5) is 0 Å². The maximum absolute atomic E-state index is 13.6. The zero-order valence-electron chi connectivity index (χ0n) is 21.4. The van der Waals surface area contributed by atoms with Gasteiger partial charge in [0.15, 0.2) is 0 Å². The average Bonchev–Trinajstić information content (AvgIpc) is 3.40. The fourth-order valence-corrected chi connectivity index (χ4v) is 5.81. The smallest absolute Gasteiger partial charge is 0.264 e. The number of carbonyl (C=O) groups excluding carboxylic acids is 1. The van der Waals surface area contributed by atoms with Crippen LogP contribution in [0.25, 0.3) is 11.0 Å². The van der Waals surface area contributed by atoms with Gasteiger partial charge in [-0.05, 0) is 77.6 Å². The summed E-state index contributed by atoms with van der Waals surface area (Å²) >= 11 is 1.09. The molecule has 0 fully saturated rings. The van der Waals surface area contributed by atoms with Gasteiger partial charge in [0.05, 0.1) is 22.5 Å². The second kappa shape index (κ2) is 11.3. The van der Waals surface area contributed by atoms with E-state index in [1.165, 1.54) is 12.1 Å².